The van der Waals surface area contributed by atoms with Crippen LogP contribution >= 0.6 is 16.1 Å². The smallest absolute Gasteiger partial charge is 0.407 e. The first-order valence-corrected chi connectivity index (χ1v) is 11.3. The van der Waals surface area contributed by atoms with Gasteiger partial charge < -0.3 is 15.0 Å². The average Bonchev–Trinajstić information content (AvgIpc) is 3.31. The first kappa shape index (κ1) is 23.8. The van der Waals surface area contributed by atoms with Gasteiger partial charge in [-0.1, -0.05) is 56.3 Å². The summed E-state index contributed by atoms with van der Waals surface area (Å²) >= 11 is 3.39. The maximum absolute atomic E-state index is 13.3. The van der Waals surface area contributed by atoms with Crippen LogP contribution in [-0.2, 0) is 14.3 Å². The van der Waals surface area contributed by atoms with E-state index in [2.05, 4.69) is 26.2 Å². The van der Waals surface area contributed by atoms with Crippen molar-refractivity contribution in [3.05, 3.63) is 54.6 Å². The lowest BCUT2D eigenvalue weighted by atomic mass is 10.0. The molecule has 1 N–H and O–H groups in total. The molecule has 3 amide bonds. The molecule has 7 nitrogen and oxygen atoms in total. The van der Waals surface area contributed by atoms with Crippen molar-refractivity contribution < 1.29 is 19.1 Å². The van der Waals surface area contributed by atoms with E-state index in [1.165, 1.54) is 11.0 Å². The molecule has 8 heteroatoms. The first-order chi connectivity index (χ1) is 15.3. The Bertz CT molecular complexity index is 949. The fourth-order valence-electron chi connectivity index (χ4n) is 3.84. The lowest BCUT2D eigenvalue weighted by molar-refractivity contribution is -0.139. The number of amides is 3. The number of benzene rings is 2. The number of nitrogens with zero attached hydrogens (tertiary/aromatic N) is 2. The molecule has 0 aliphatic carbocycles. The van der Waals surface area contributed by atoms with Crippen LogP contribution in [0.5, 0.6) is 0 Å². The number of hydrogen-bond acceptors (Lipinski definition) is 4. The number of anilines is 1. The number of methoxy groups -OCH3 is 1. The Morgan fingerprint density at radius 3 is 2.28 bits per heavy atom. The van der Waals surface area contributed by atoms with Gasteiger partial charge in [0.15, 0.2) is 0 Å². The minimum Gasteiger partial charge on any atom is -0.453 e. The molecule has 1 fully saturated rings. The summed E-state index contributed by atoms with van der Waals surface area (Å²) in [5, 5.41) is 2.60. The summed E-state index contributed by atoms with van der Waals surface area (Å²) in [6.45, 7) is 4.15. The van der Waals surface area contributed by atoms with Crippen molar-refractivity contribution in [2.75, 3.05) is 17.6 Å². The summed E-state index contributed by atoms with van der Waals surface area (Å²) in [6, 6.07) is 16.3. The Balaban J connectivity index is 1.74. The average molecular weight is 502 g/mol. The normalized spacial score (nSPS) is 16.5. The minimum atomic E-state index is -0.759. The highest BCUT2D eigenvalue weighted by molar-refractivity contribution is 9.10. The summed E-state index contributed by atoms with van der Waals surface area (Å²) in [5.74, 6) is -0.644. The molecule has 32 heavy (non-hydrogen) atoms. The molecule has 0 spiro atoms. The molecule has 1 aliphatic rings. The highest BCUT2D eigenvalue weighted by Gasteiger charge is 2.40. The molecule has 2 aromatic carbocycles. The summed E-state index contributed by atoms with van der Waals surface area (Å²) in [7, 11) is 1.26. The second-order valence-corrected chi connectivity index (χ2v) is 8.79. The number of halogens is 1. The molecule has 1 saturated heterocycles. The van der Waals surface area contributed by atoms with Gasteiger partial charge in [0.05, 0.1) is 28.9 Å². The zero-order chi connectivity index (χ0) is 23.3. The molecule has 1 aliphatic heterocycles. The van der Waals surface area contributed by atoms with Gasteiger partial charge in [-0.15, -0.1) is 0 Å². The molecule has 2 aromatic rings. The van der Waals surface area contributed by atoms with Crippen LogP contribution in [0, 0.1) is 5.92 Å². The number of likely N-dealkylation sites (tertiary alicyclic amines) is 1. The highest BCUT2D eigenvalue weighted by Crippen LogP contribution is 2.28. The van der Waals surface area contributed by atoms with Crippen molar-refractivity contribution in [3.8, 4) is 11.1 Å². The van der Waals surface area contributed by atoms with Gasteiger partial charge in [-0.2, -0.15) is 0 Å². The predicted molar refractivity (Wildman–Crippen MR) is 127 cm³/mol. The van der Waals surface area contributed by atoms with E-state index in [9.17, 15) is 14.4 Å². The molecule has 0 bridgehead atoms. The van der Waals surface area contributed by atoms with E-state index in [0.29, 0.717) is 18.7 Å². The third-order valence-electron chi connectivity index (χ3n) is 5.61. The fraction of sp³-hybridized carbons (Fsp3) is 0.375. The largest absolute Gasteiger partial charge is 0.453 e. The Morgan fingerprint density at radius 2 is 1.69 bits per heavy atom. The Labute approximate surface area is 197 Å². The summed E-state index contributed by atoms with van der Waals surface area (Å²) in [6.07, 6.45) is 0.622. The lowest BCUT2D eigenvalue weighted by Gasteiger charge is -2.31. The number of rotatable bonds is 6. The summed E-state index contributed by atoms with van der Waals surface area (Å²) in [4.78, 5) is 39.7. The van der Waals surface area contributed by atoms with Crippen LogP contribution in [0.4, 0.5) is 10.5 Å². The predicted octanol–water partition coefficient (Wildman–Crippen LogP) is 4.37. The second kappa shape index (κ2) is 10.6. The maximum atomic E-state index is 13.3. The van der Waals surface area contributed by atoms with E-state index in [0.717, 1.165) is 17.5 Å². The molecule has 0 radical (unpaired) electrons. The molecule has 2 atom stereocenters. The molecular weight excluding hydrogens is 474 g/mol. The zero-order valence-corrected chi connectivity index (χ0v) is 20.0. The molecule has 0 aromatic heterocycles. The van der Waals surface area contributed by atoms with Gasteiger partial charge in [0.25, 0.3) is 5.91 Å². The van der Waals surface area contributed by atoms with Gasteiger partial charge in [-0.25, -0.2) is 8.72 Å². The van der Waals surface area contributed by atoms with Crippen molar-refractivity contribution in [2.45, 2.75) is 38.8 Å². The second-order valence-electron chi connectivity index (χ2n) is 8.08. The maximum Gasteiger partial charge on any atom is 0.407 e. The van der Waals surface area contributed by atoms with Crippen LogP contribution in [0.2, 0.25) is 0 Å². The summed E-state index contributed by atoms with van der Waals surface area (Å²) in [5.41, 5.74) is 2.83. The van der Waals surface area contributed by atoms with E-state index >= 15 is 0 Å². The van der Waals surface area contributed by atoms with E-state index in [-0.39, 0.29) is 17.7 Å². The number of carbonyl (C=O) groups is 3. The Kier molecular flexibility index (Phi) is 7.90. The fourth-order valence-corrected chi connectivity index (χ4v) is 4.31. The Morgan fingerprint density at radius 1 is 1.06 bits per heavy atom. The first-order valence-electron chi connectivity index (χ1n) is 10.6. The monoisotopic (exact) mass is 501 g/mol. The zero-order valence-electron chi connectivity index (χ0n) is 18.5. The van der Waals surface area contributed by atoms with Crippen LogP contribution in [0.1, 0.15) is 26.7 Å². The third-order valence-corrected chi connectivity index (χ3v) is 6.37. The van der Waals surface area contributed by atoms with Crippen molar-refractivity contribution >= 4 is 39.7 Å². The molecule has 1 heterocycles. The molecule has 0 saturated carbocycles. The van der Waals surface area contributed by atoms with Crippen molar-refractivity contribution in [1.29, 1.82) is 0 Å². The molecular formula is C24H28BrN3O4. The summed E-state index contributed by atoms with van der Waals surface area (Å²) < 4.78 is 6.06. The van der Waals surface area contributed by atoms with Gasteiger partial charge in [0.1, 0.15) is 12.1 Å². The van der Waals surface area contributed by atoms with Crippen LogP contribution in [0.3, 0.4) is 0 Å². The van der Waals surface area contributed by atoms with Gasteiger partial charge in [-0.3, -0.25) is 9.59 Å². The van der Waals surface area contributed by atoms with Crippen LogP contribution in [0.15, 0.2) is 54.6 Å². The number of nitrogens with one attached hydrogen (secondary N) is 1. The minimum absolute atomic E-state index is 0.149. The van der Waals surface area contributed by atoms with Crippen molar-refractivity contribution in [3.63, 3.8) is 0 Å². The third kappa shape index (κ3) is 5.30. The number of carbonyl (C=O) groups excluding carboxylic acids is 3. The molecule has 170 valence electrons. The number of alkyl carbamates (subject to hydrolysis) is 1. The lowest BCUT2D eigenvalue weighted by Crippen LogP contribution is -2.55. The van der Waals surface area contributed by atoms with Crippen LogP contribution in [-0.4, -0.2) is 48.5 Å². The quantitative estimate of drug-likeness (QED) is 0.596. The van der Waals surface area contributed by atoms with Gasteiger partial charge >= 0.3 is 6.09 Å². The van der Waals surface area contributed by atoms with Gasteiger partial charge in [-0.05, 0) is 42.0 Å². The SMILES string of the molecule is COC(=O)NC(C(=O)N1CCCC1C(=O)N(Br)c1ccc(-c2ccccc2)cc1)C(C)C. The van der Waals surface area contributed by atoms with Crippen molar-refractivity contribution in [2.24, 2.45) is 5.92 Å². The van der Waals surface area contributed by atoms with E-state index in [1.807, 2.05) is 68.4 Å². The molecule has 3 rings (SSSR count). The highest BCUT2D eigenvalue weighted by atomic mass is 79.9. The van der Waals surface area contributed by atoms with Crippen LogP contribution < -0.4 is 9.24 Å². The van der Waals surface area contributed by atoms with E-state index in [1.54, 1.807) is 4.90 Å². The van der Waals surface area contributed by atoms with Gasteiger partial charge in [0, 0.05) is 6.54 Å². The molecule has 2 unspecified atom stereocenters. The number of hydrogen-bond donors (Lipinski definition) is 1. The van der Waals surface area contributed by atoms with E-state index in [4.69, 9.17) is 0 Å². The van der Waals surface area contributed by atoms with Gasteiger partial charge in [0.2, 0.25) is 5.91 Å². The van der Waals surface area contributed by atoms with E-state index < -0.39 is 18.2 Å². The Hall–Kier alpha value is -2.87. The number of ether oxygens (including phenoxy) is 1. The standard InChI is InChI=1S/C24H28BrN3O4/c1-16(2)21(26-24(31)32-3)23(30)27-15-7-10-20(27)22(29)28(25)19-13-11-18(12-14-19)17-8-5-4-6-9-17/h4-6,8-9,11-14,16,20-21H,7,10,15H2,1-3H3,(H,26,31). The topological polar surface area (TPSA) is 79.0 Å². The van der Waals surface area contributed by atoms with Crippen LogP contribution in [0.25, 0.3) is 11.1 Å². The van der Waals surface area contributed by atoms with Crippen molar-refractivity contribution in [1.82, 2.24) is 10.2 Å².